The highest BCUT2D eigenvalue weighted by Gasteiger charge is 2.13. The molecule has 2 aromatic carbocycles. The van der Waals surface area contributed by atoms with E-state index < -0.39 is 12.1 Å². The SMILES string of the molecule is COC(=O)c1cc2ccc(OCCNC[C@@H](O)c3cccc(Cl)c3)cc2o1. The summed E-state index contributed by atoms with van der Waals surface area (Å²) in [6.07, 6.45) is -0.639. The second-order valence-corrected chi connectivity index (χ2v) is 6.36. The highest BCUT2D eigenvalue weighted by atomic mass is 35.5. The molecule has 0 bridgehead atoms. The van der Waals surface area contributed by atoms with Gasteiger partial charge in [-0.3, -0.25) is 0 Å². The summed E-state index contributed by atoms with van der Waals surface area (Å²) in [6, 6.07) is 14.1. The van der Waals surface area contributed by atoms with Gasteiger partial charge in [0, 0.05) is 29.6 Å². The summed E-state index contributed by atoms with van der Waals surface area (Å²) in [7, 11) is 1.31. The van der Waals surface area contributed by atoms with Crippen molar-refractivity contribution in [1.29, 1.82) is 0 Å². The minimum Gasteiger partial charge on any atom is -0.492 e. The summed E-state index contributed by atoms with van der Waals surface area (Å²) in [5, 5.41) is 14.7. The van der Waals surface area contributed by atoms with Gasteiger partial charge in [-0.2, -0.15) is 0 Å². The first kappa shape index (κ1) is 19.2. The Kier molecular flexibility index (Phi) is 6.34. The number of esters is 1. The fourth-order valence-corrected chi connectivity index (χ4v) is 2.81. The van der Waals surface area contributed by atoms with E-state index in [2.05, 4.69) is 10.1 Å². The highest BCUT2D eigenvalue weighted by molar-refractivity contribution is 6.30. The number of rotatable bonds is 8. The van der Waals surface area contributed by atoms with Crippen LogP contribution in [0.3, 0.4) is 0 Å². The van der Waals surface area contributed by atoms with E-state index in [4.69, 9.17) is 20.8 Å². The Bertz CT molecular complexity index is 924. The number of hydrogen-bond acceptors (Lipinski definition) is 6. The van der Waals surface area contributed by atoms with Crippen LogP contribution in [0.5, 0.6) is 5.75 Å². The number of carbonyl (C=O) groups is 1. The van der Waals surface area contributed by atoms with E-state index >= 15 is 0 Å². The van der Waals surface area contributed by atoms with Gasteiger partial charge in [-0.1, -0.05) is 23.7 Å². The Labute approximate surface area is 161 Å². The Hall–Kier alpha value is -2.54. The normalized spacial score (nSPS) is 12.1. The lowest BCUT2D eigenvalue weighted by molar-refractivity contribution is 0.0567. The number of aliphatic hydroxyl groups excluding tert-OH is 1. The molecule has 0 radical (unpaired) electrons. The second kappa shape index (κ2) is 8.90. The van der Waals surface area contributed by atoms with E-state index in [1.165, 1.54) is 7.11 Å². The first-order valence-electron chi connectivity index (χ1n) is 8.46. The van der Waals surface area contributed by atoms with Crippen molar-refractivity contribution < 1.29 is 23.8 Å². The number of hydrogen-bond donors (Lipinski definition) is 2. The molecule has 0 amide bonds. The molecule has 0 aliphatic rings. The van der Waals surface area contributed by atoms with Gasteiger partial charge in [-0.05, 0) is 35.9 Å². The highest BCUT2D eigenvalue weighted by Crippen LogP contribution is 2.24. The number of nitrogens with one attached hydrogen (secondary N) is 1. The number of methoxy groups -OCH3 is 1. The fraction of sp³-hybridized carbons (Fsp3) is 0.250. The van der Waals surface area contributed by atoms with Crippen LogP contribution in [0, 0.1) is 0 Å². The number of benzene rings is 2. The Morgan fingerprint density at radius 1 is 1.26 bits per heavy atom. The first-order chi connectivity index (χ1) is 13.1. The van der Waals surface area contributed by atoms with Gasteiger partial charge in [0.25, 0.3) is 0 Å². The monoisotopic (exact) mass is 389 g/mol. The van der Waals surface area contributed by atoms with Crippen LogP contribution in [-0.2, 0) is 4.74 Å². The maximum atomic E-state index is 11.5. The lowest BCUT2D eigenvalue weighted by Gasteiger charge is -2.13. The minimum atomic E-state index is -0.639. The molecule has 1 heterocycles. The van der Waals surface area contributed by atoms with Crippen molar-refractivity contribution in [3.63, 3.8) is 0 Å². The molecule has 7 heteroatoms. The zero-order chi connectivity index (χ0) is 19.2. The zero-order valence-corrected chi connectivity index (χ0v) is 15.5. The molecule has 0 aliphatic heterocycles. The zero-order valence-electron chi connectivity index (χ0n) is 14.8. The van der Waals surface area contributed by atoms with Gasteiger partial charge in [-0.25, -0.2) is 4.79 Å². The van der Waals surface area contributed by atoms with Crippen molar-refractivity contribution in [1.82, 2.24) is 5.32 Å². The summed E-state index contributed by atoms with van der Waals surface area (Å²) in [5.74, 6) is 0.267. The summed E-state index contributed by atoms with van der Waals surface area (Å²) in [5.41, 5.74) is 1.32. The van der Waals surface area contributed by atoms with Crippen LogP contribution in [0.4, 0.5) is 0 Å². The van der Waals surface area contributed by atoms with Crippen LogP contribution < -0.4 is 10.1 Å². The van der Waals surface area contributed by atoms with Gasteiger partial charge in [-0.15, -0.1) is 0 Å². The number of halogens is 1. The molecule has 0 saturated carbocycles. The molecular weight excluding hydrogens is 370 g/mol. The predicted molar refractivity (Wildman–Crippen MR) is 102 cm³/mol. The summed E-state index contributed by atoms with van der Waals surface area (Å²) in [4.78, 5) is 11.5. The molecule has 3 aromatic rings. The van der Waals surface area contributed by atoms with E-state index in [1.807, 2.05) is 12.1 Å². The van der Waals surface area contributed by atoms with Gasteiger partial charge in [0.1, 0.15) is 17.9 Å². The third kappa shape index (κ3) is 5.01. The van der Waals surface area contributed by atoms with Crippen LogP contribution in [0.2, 0.25) is 5.02 Å². The quantitative estimate of drug-likeness (QED) is 0.453. The van der Waals surface area contributed by atoms with Crippen LogP contribution >= 0.6 is 11.6 Å². The molecule has 142 valence electrons. The van der Waals surface area contributed by atoms with Gasteiger partial charge in [0.15, 0.2) is 0 Å². The lowest BCUT2D eigenvalue weighted by Crippen LogP contribution is -2.26. The van der Waals surface area contributed by atoms with Crippen molar-refractivity contribution >= 4 is 28.5 Å². The molecule has 0 fully saturated rings. The van der Waals surface area contributed by atoms with Crippen LogP contribution in [-0.4, -0.2) is 37.9 Å². The minimum absolute atomic E-state index is 0.154. The maximum Gasteiger partial charge on any atom is 0.373 e. The van der Waals surface area contributed by atoms with E-state index in [-0.39, 0.29) is 5.76 Å². The number of aliphatic hydroxyl groups is 1. The molecule has 0 spiro atoms. The van der Waals surface area contributed by atoms with Crippen LogP contribution in [0.25, 0.3) is 11.0 Å². The molecule has 1 atom stereocenters. The molecular formula is C20H20ClNO5. The van der Waals surface area contributed by atoms with Crippen molar-refractivity contribution in [3.8, 4) is 5.75 Å². The number of ether oxygens (including phenoxy) is 2. The first-order valence-corrected chi connectivity index (χ1v) is 8.83. The van der Waals surface area contributed by atoms with Gasteiger partial charge in [0.05, 0.1) is 13.2 Å². The number of carbonyl (C=O) groups excluding carboxylic acids is 1. The molecule has 3 rings (SSSR count). The Morgan fingerprint density at radius 2 is 2.11 bits per heavy atom. The van der Waals surface area contributed by atoms with Gasteiger partial charge >= 0.3 is 5.97 Å². The topological polar surface area (TPSA) is 80.9 Å². The van der Waals surface area contributed by atoms with Crippen LogP contribution in [0.15, 0.2) is 52.9 Å². The van der Waals surface area contributed by atoms with Crippen molar-refractivity contribution in [2.75, 3.05) is 26.8 Å². The largest absolute Gasteiger partial charge is 0.492 e. The average molecular weight is 390 g/mol. The van der Waals surface area contributed by atoms with Crippen molar-refractivity contribution in [3.05, 3.63) is 64.9 Å². The number of furan rings is 1. The fourth-order valence-electron chi connectivity index (χ4n) is 2.61. The summed E-state index contributed by atoms with van der Waals surface area (Å²) >= 11 is 5.92. The van der Waals surface area contributed by atoms with E-state index in [0.717, 1.165) is 10.9 Å². The molecule has 27 heavy (non-hydrogen) atoms. The summed E-state index contributed by atoms with van der Waals surface area (Å²) in [6.45, 7) is 1.36. The third-order valence-electron chi connectivity index (χ3n) is 4.00. The van der Waals surface area contributed by atoms with E-state index in [1.54, 1.807) is 36.4 Å². The molecule has 2 N–H and O–H groups in total. The second-order valence-electron chi connectivity index (χ2n) is 5.93. The third-order valence-corrected chi connectivity index (χ3v) is 4.23. The standard InChI is InChI=1S/C20H20ClNO5/c1-25-20(24)19-10-14-5-6-16(11-18(14)27-19)26-8-7-22-12-17(23)13-3-2-4-15(21)9-13/h2-6,9-11,17,22-23H,7-8,12H2,1H3/t17-/m1/s1. The molecule has 0 aliphatic carbocycles. The van der Waals surface area contributed by atoms with Crippen LogP contribution in [0.1, 0.15) is 22.2 Å². The summed E-state index contributed by atoms with van der Waals surface area (Å²) < 4.78 is 15.8. The predicted octanol–water partition coefficient (Wildman–Crippen LogP) is 3.57. The molecule has 0 unspecified atom stereocenters. The van der Waals surface area contributed by atoms with Gasteiger partial charge < -0.3 is 24.3 Å². The van der Waals surface area contributed by atoms with Crippen molar-refractivity contribution in [2.45, 2.75) is 6.10 Å². The van der Waals surface area contributed by atoms with E-state index in [9.17, 15) is 9.90 Å². The Balaban J connectivity index is 1.47. The smallest absolute Gasteiger partial charge is 0.373 e. The molecule has 0 saturated heterocycles. The maximum absolute atomic E-state index is 11.5. The number of fused-ring (bicyclic) bond motifs is 1. The average Bonchev–Trinajstić information content (AvgIpc) is 3.10. The van der Waals surface area contributed by atoms with Crippen molar-refractivity contribution in [2.24, 2.45) is 0 Å². The lowest BCUT2D eigenvalue weighted by atomic mass is 10.1. The molecule has 6 nitrogen and oxygen atoms in total. The van der Waals surface area contributed by atoms with E-state index in [0.29, 0.717) is 36.1 Å². The Morgan fingerprint density at radius 3 is 2.89 bits per heavy atom. The van der Waals surface area contributed by atoms with Gasteiger partial charge in [0.2, 0.25) is 5.76 Å². The molecule has 1 aromatic heterocycles.